The zero-order chi connectivity index (χ0) is 19.1. The molecule has 0 aromatic heterocycles. The highest BCUT2D eigenvalue weighted by atomic mass is 35.5. The number of carbonyl (C=O) groups excluding carboxylic acids is 2. The fourth-order valence-electron chi connectivity index (χ4n) is 1.91. The number of nitro benzene ring substituents is 1. The van der Waals surface area contributed by atoms with Crippen LogP contribution in [-0.2, 0) is 14.3 Å². The number of nitrogens with one attached hydrogen (secondary N) is 1. The topological polar surface area (TPSA) is 98.5 Å². The fourth-order valence-corrected chi connectivity index (χ4v) is 2.07. The van der Waals surface area contributed by atoms with Gasteiger partial charge in [-0.25, -0.2) is 9.18 Å². The highest BCUT2D eigenvalue weighted by Gasteiger charge is 2.17. The maximum absolute atomic E-state index is 13.0. The Bertz CT molecular complexity index is 885. The molecular formula is C17H12ClFN2O5. The van der Waals surface area contributed by atoms with E-state index in [2.05, 4.69) is 5.32 Å². The van der Waals surface area contributed by atoms with Crippen molar-refractivity contribution in [1.82, 2.24) is 0 Å². The van der Waals surface area contributed by atoms with E-state index in [-0.39, 0.29) is 16.4 Å². The molecule has 7 nitrogen and oxygen atoms in total. The van der Waals surface area contributed by atoms with E-state index in [1.54, 1.807) is 6.07 Å². The molecule has 0 heterocycles. The van der Waals surface area contributed by atoms with Gasteiger partial charge in [-0.15, -0.1) is 0 Å². The first-order valence-corrected chi connectivity index (χ1v) is 7.57. The van der Waals surface area contributed by atoms with Crippen molar-refractivity contribution in [3.63, 3.8) is 0 Å². The lowest BCUT2D eigenvalue weighted by Crippen LogP contribution is -2.20. The number of nitrogens with zero attached hydrogens (tertiary/aromatic N) is 1. The molecule has 1 amide bonds. The molecule has 2 aromatic rings. The lowest BCUT2D eigenvalue weighted by Gasteiger charge is -2.06. The molecule has 2 rings (SSSR count). The molecule has 0 bridgehead atoms. The molecule has 0 radical (unpaired) electrons. The zero-order valence-corrected chi connectivity index (χ0v) is 13.9. The molecule has 0 fully saturated rings. The largest absolute Gasteiger partial charge is 0.452 e. The van der Waals surface area contributed by atoms with E-state index in [4.69, 9.17) is 16.3 Å². The van der Waals surface area contributed by atoms with Gasteiger partial charge in [0.25, 0.3) is 11.6 Å². The summed E-state index contributed by atoms with van der Waals surface area (Å²) in [6, 6.07) is 9.27. The van der Waals surface area contributed by atoms with Crippen LogP contribution in [0.1, 0.15) is 5.56 Å². The van der Waals surface area contributed by atoms with E-state index in [1.807, 2.05) is 0 Å². The number of benzene rings is 2. The summed E-state index contributed by atoms with van der Waals surface area (Å²) in [5.74, 6) is -2.04. The lowest BCUT2D eigenvalue weighted by atomic mass is 10.2. The predicted molar refractivity (Wildman–Crippen MR) is 93.1 cm³/mol. The Kier molecular flexibility index (Phi) is 6.40. The summed E-state index contributed by atoms with van der Waals surface area (Å²) in [4.78, 5) is 33.6. The first-order chi connectivity index (χ1) is 12.3. The number of halogens is 2. The van der Waals surface area contributed by atoms with Gasteiger partial charge in [0.1, 0.15) is 11.5 Å². The molecule has 0 spiro atoms. The lowest BCUT2D eigenvalue weighted by molar-refractivity contribution is -0.383. The molecule has 26 heavy (non-hydrogen) atoms. The van der Waals surface area contributed by atoms with Gasteiger partial charge >= 0.3 is 5.97 Å². The Labute approximate surface area is 152 Å². The molecule has 0 unspecified atom stereocenters. The van der Waals surface area contributed by atoms with Crippen LogP contribution in [0, 0.1) is 15.9 Å². The van der Waals surface area contributed by atoms with Crippen LogP contribution >= 0.6 is 11.6 Å². The molecule has 0 saturated carbocycles. The molecular weight excluding hydrogens is 367 g/mol. The molecule has 134 valence electrons. The molecule has 1 N–H and O–H groups in total. The van der Waals surface area contributed by atoms with Crippen LogP contribution in [0.2, 0.25) is 5.02 Å². The third kappa shape index (κ3) is 5.67. The van der Waals surface area contributed by atoms with E-state index in [0.29, 0.717) is 5.56 Å². The van der Waals surface area contributed by atoms with Gasteiger partial charge in [-0.05, 0) is 35.9 Å². The van der Waals surface area contributed by atoms with Crippen LogP contribution in [0.4, 0.5) is 15.8 Å². The fraction of sp³-hybridized carbons (Fsp3) is 0.0588. The van der Waals surface area contributed by atoms with Crippen molar-refractivity contribution in [3.8, 4) is 0 Å². The maximum atomic E-state index is 13.0. The number of anilines is 1. The minimum absolute atomic E-state index is 0.0734. The van der Waals surface area contributed by atoms with Crippen LogP contribution in [-0.4, -0.2) is 23.4 Å². The number of nitro groups is 1. The standard InChI is InChI=1S/C17H12ClFN2O5/c18-12-5-6-14(15(9-12)21(24)25)20-16(22)10-26-17(23)7-4-11-2-1-3-13(19)8-11/h1-9H,10H2,(H,20,22)/b7-4+. The SMILES string of the molecule is O=C(COC(=O)/C=C/c1cccc(F)c1)Nc1ccc(Cl)cc1[N+](=O)[O-]. The van der Waals surface area contributed by atoms with Crippen molar-refractivity contribution in [3.05, 3.63) is 75.1 Å². The Hall–Kier alpha value is -3.26. The Morgan fingerprint density at radius 3 is 2.73 bits per heavy atom. The quantitative estimate of drug-likeness (QED) is 0.358. The second kappa shape index (κ2) is 8.72. The number of amides is 1. The van der Waals surface area contributed by atoms with Crippen LogP contribution in [0.25, 0.3) is 6.08 Å². The molecule has 9 heteroatoms. The van der Waals surface area contributed by atoms with Gasteiger partial charge < -0.3 is 10.1 Å². The van der Waals surface area contributed by atoms with E-state index >= 15 is 0 Å². The van der Waals surface area contributed by atoms with Crippen molar-refractivity contribution in [2.24, 2.45) is 0 Å². The average Bonchev–Trinajstić information content (AvgIpc) is 2.59. The number of esters is 1. The van der Waals surface area contributed by atoms with E-state index in [1.165, 1.54) is 36.4 Å². The van der Waals surface area contributed by atoms with E-state index < -0.39 is 29.2 Å². The van der Waals surface area contributed by atoms with Crippen molar-refractivity contribution in [2.45, 2.75) is 0 Å². The third-order valence-electron chi connectivity index (χ3n) is 3.04. The first kappa shape index (κ1) is 19.1. The molecule has 0 aliphatic carbocycles. The molecule has 0 aliphatic rings. The third-order valence-corrected chi connectivity index (χ3v) is 3.27. The molecule has 2 aromatic carbocycles. The maximum Gasteiger partial charge on any atom is 0.331 e. The van der Waals surface area contributed by atoms with Gasteiger partial charge in [0.15, 0.2) is 6.61 Å². The summed E-state index contributed by atoms with van der Waals surface area (Å²) in [7, 11) is 0. The predicted octanol–water partition coefficient (Wildman–Crippen LogP) is 3.58. The summed E-state index contributed by atoms with van der Waals surface area (Å²) < 4.78 is 17.7. The Morgan fingerprint density at radius 2 is 2.04 bits per heavy atom. The minimum atomic E-state index is -0.824. The van der Waals surface area contributed by atoms with Gasteiger partial charge in [-0.1, -0.05) is 23.7 Å². The van der Waals surface area contributed by atoms with Gasteiger partial charge in [0, 0.05) is 17.2 Å². The second-order valence-corrected chi connectivity index (χ2v) is 5.40. The second-order valence-electron chi connectivity index (χ2n) is 4.96. The smallest absolute Gasteiger partial charge is 0.331 e. The van der Waals surface area contributed by atoms with E-state index in [0.717, 1.165) is 12.1 Å². The monoisotopic (exact) mass is 378 g/mol. The van der Waals surface area contributed by atoms with Crippen LogP contribution < -0.4 is 5.32 Å². The summed E-state index contributed by atoms with van der Waals surface area (Å²) in [6.07, 6.45) is 2.36. The van der Waals surface area contributed by atoms with Crippen molar-refractivity contribution in [1.29, 1.82) is 0 Å². The van der Waals surface area contributed by atoms with Crippen LogP contribution in [0.5, 0.6) is 0 Å². The zero-order valence-electron chi connectivity index (χ0n) is 13.1. The summed E-state index contributed by atoms with van der Waals surface area (Å²) in [5, 5.41) is 13.3. The normalized spacial score (nSPS) is 10.5. The van der Waals surface area contributed by atoms with Gasteiger partial charge in [0.2, 0.25) is 0 Å². The van der Waals surface area contributed by atoms with Crippen LogP contribution in [0.3, 0.4) is 0 Å². The van der Waals surface area contributed by atoms with Crippen molar-refractivity contribution >= 4 is 40.9 Å². The summed E-state index contributed by atoms with van der Waals surface area (Å²) in [5.41, 5.74) is -0.0119. The minimum Gasteiger partial charge on any atom is -0.452 e. The van der Waals surface area contributed by atoms with Crippen molar-refractivity contribution in [2.75, 3.05) is 11.9 Å². The van der Waals surface area contributed by atoms with Gasteiger partial charge in [-0.2, -0.15) is 0 Å². The van der Waals surface area contributed by atoms with Crippen molar-refractivity contribution < 1.29 is 23.6 Å². The number of ether oxygens (including phenoxy) is 1. The summed E-state index contributed by atoms with van der Waals surface area (Å²) in [6.45, 7) is -0.647. The number of carbonyl (C=O) groups is 2. The molecule has 0 atom stereocenters. The summed E-state index contributed by atoms with van der Waals surface area (Å²) >= 11 is 5.68. The average molecular weight is 379 g/mol. The number of rotatable bonds is 6. The molecule has 0 saturated heterocycles. The Morgan fingerprint density at radius 1 is 1.27 bits per heavy atom. The van der Waals surface area contributed by atoms with Crippen LogP contribution in [0.15, 0.2) is 48.5 Å². The van der Waals surface area contributed by atoms with Gasteiger partial charge in [-0.3, -0.25) is 14.9 Å². The number of hydrogen-bond donors (Lipinski definition) is 1. The first-order valence-electron chi connectivity index (χ1n) is 7.19. The highest BCUT2D eigenvalue weighted by Crippen LogP contribution is 2.27. The van der Waals surface area contributed by atoms with E-state index in [9.17, 15) is 24.1 Å². The van der Waals surface area contributed by atoms with Gasteiger partial charge in [0.05, 0.1) is 4.92 Å². The number of hydrogen-bond acceptors (Lipinski definition) is 5. The Balaban J connectivity index is 1.91. The highest BCUT2D eigenvalue weighted by molar-refractivity contribution is 6.31. The molecule has 0 aliphatic heterocycles.